The molecule has 0 aromatic carbocycles. The van der Waals surface area contributed by atoms with Crippen LogP contribution in [0.3, 0.4) is 0 Å². The maximum atomic E-state index is 10.1. The Kier molecular flexibility index (Phi) is 24.9. The van der Waals surface area contributed by atoms with Gasteiger partial charge in [0, 0.05) is 49.6 Å². The molecule has 1 saturated carbocycles. The van der Waals surface area contributed by atoms with Gasteiger partial charge in [0.15, 0.2) is 0 Å². The lowest BCUT2D eigenvalue weighted by Crippen LogP contribution is -2.28. The second kappa shape index (κ2) is 20.0. The molecule has 0 aliphatic heterocycles. The van der Waals surface area contributed by atoms with E-state index in [0.29, 0.717) is 24.2 Å². The fourth-order valence-electron chi connectivity index (χ4n) is 2.86. The molecule has 0 heterocycles. The Bertz CT molecular complexity index is 366. The fourth-order valence-corrected chi connectivity index (χ4v) is 2.86. The second-order valence-electron chi connectivity index (χ2n) is 7.30. The van der Waals surface area contributed by atoms with E-state index in [-0.39, 0.29) is 30.1 Å². The van der Waals surface area contributed by atoms with Gasteiger partial charge in [0.1, 0.15) is 6.29 Å². The molecule has 4 atom stereocenters. The topological polar surface area (TPSA) is 37.3 Å². The number of carbonyl (C=O) groups is 1. The van der Waals surface area contributed by atoms with Gasteiger partial charge in [-0.1, -0.05) is 37.6 Å². The summed E-state index contributed by atoms with van der Waals surface area (Å²) >= 11 is 4.24. The smallest absolute Gasteiger partial charge is 0.120 e. The quantitative estimate of drug-likeness (QED) is 0.176. The average Bonchev–Trinajstić information content (AvgIpc) is 2.49. The normalized spacial score (nSPS) is 22.6. The van der Waals surface area contributed by atoms with Crippen LogP contribution < -0.4 is 0 Å². The molecular formula is C20H37I3O2. The van der Waals surface area contributed by atoms with Crippen molar-refractivity contribution in [2.24, 2.45) is 17.8 Å². The minimum absolute atomic E-state index is 0. The number of aliphatic hydroxyl groups is 1. The Morgan fingerprint density at radius 3 is 2.24 bits per heavy atom. The summed E-state index contributed by atoms with van der Waals surface area (Å²) in [7, 11) is 0. The molecule has 150 valence electrons. The van der Waals surface area contributed by atoms with Gasteiger partial charge in [-0.3, -0.25) is 0 Å². The third-order valence-electron chi connectivity index (χ3n) is 4.42. The largest absolute Gasteiger partial charge is 0.392 e. The number of allylic oxidation sites excluding steroid dienone is 2. The van der Waals surface area contributed by atoms with Crippen molar-refractivity contribution in [3.63, 3.8) is 0 Å². The number of aldehydes is 1. The maximum Gasteiger partial charge on any atom is 0.120 e. The van der Waals surface area contributed by atoms with Crippen LogP contribution in [0.2, 0.25) is 0 Å². The molecule has 0 aromatic heterocycles. The van der Waals surface area contributed by atoms with Gasteiger partial charge in [-0.15, -0.1) is 24.0 Å². The predicted molar refractivity (Wildman–Crippen MR) is 139 cm³/mol. The highest BCUT2D eigenvalue weighted by molar-refractivity contribution is 15.0. The minimum Gasteiger partial charge on any atom is -0.392 e. The van der Waals surface area contributed by atoms with Crippen molar-refractivity contribution in [2.75, 3.05) is 0 Å². The number of hydrogen-bond acceptors (Lipinski definition) is 2. The van der Waals surface area contributed by atoms with E-state index in [1.165, 1.54) is 12.0 Å². The van der Waals surface area contributed by atoms with Crippen LogP contribution in [0.25, 0.3) is 0 Å². The molecule has 1 aliphatic rings. The van der Waals surface area contributed by atoms with E-state index in [9.17, 15) is 9.90 Å². The van der Waals surface area contributed by atoms with Gasteiger partial charge >= 0.3 is 0 Å². The third-order valence-corrected chi connectivity index (χ3v) is 4.42. The lowest BCUT2D eigenvalue weighted by atomic mass is 9.78. The summed E-state index contributed by atoms with van der Waals surface area (Å²) in [4.78, 5) is 10.1. The van der Waals surface area contributed by atoms with Crippen LogP contribution in [-0.2, 0) is 4.79 Å². The molecule has 0 spiro atoms. The van der Waals surface area contributed by atoms with Crippen LogP contribution >= 0.6 is 61.2 Å². The van der Waals surface area contributed by atoms with Gasteiger partial charge in [0.2, 0.25) is 0 Å². The molecule has 5 heteroatoms. The van der Waals surface area contributed by atoms with Crippen molar-refractivity contribution in [1.29, 1.82) is 0 Å². The van der Waals surface area contributed by atoms with Crippen LogP contribution in [-0.4, -0.2) is 17.5 Å². The molecule has 0 aromatic rings. The molecule has 1 aliphatic carbocycles. The standard InChI is InChI=1S/2C10H18O.I2.HI/c1-7(2)9-5-4-8(3)6-10(9)11;1-9(2)5-4-6-10(3)7-8-11;1-2;/h8-11H,1,4-6H2,2-3H3;5,8,10H,4,6-7H2,1-3H3;;1H. The molecule has 0 amide bonds. The SMILES string of the molecule is C=C(C)C1CCC(C)CC1O.CC(C)=CCCC(C)CC=O.I.II. The first-order chi connectivity index (χ1) is 11.3. The van der Waals surface area contributed by atoms with Crippen molar-refractivity contribution < 1.29 is 9.90 Å². The Morgan fingerprint density at radius 1 is 1.28 bits per heavy atom. The lowest BCUT2D eigenvalue weighted by molar-refractivity contribution is -0.108. The zero-order valence-corrected chi connectivity index (χ0v) is 23.1. The van der Waals surface area contributed by atoms with E-state index in [0.717, 1.165) is 37.5 Å². The Labute approximate surface area is 196 Å². The summed E-state index contributed by atoms with van der Waals surface area (Å²) in [6, 6.07) is 0. The van der Waals surface area contributed by atoms with Crippen LogP contribution in [0.4, 0.5) is 0 Å². The fraction of sp³-hybridized carbons (Fsp3) is 0.750. The number of hydrogen-bond donors (Lipinski definition) is 1. The zero-order chi connectivity index (χ0) is 19.1. The minimum atomic E-state index is -0.128. The molecular weight excluding hydrogens is 653 g/mol. The first-order valence-electron chi connectivity index (χ1n) is 8.82. The summed E-state index contributed by atoms with van der Waals surface area (Å²) in [5.41, 5.74) is 2.51. The predicted octanol–water partition coefficient (Wildman–Crippen LogP) is 7.71. The van der Waals surface area contributed by atoms with E-state index in [2.05, 4.69) is 77.6 Å². The Balaban J connectivity index is -0.000000340. The lowest BCUT2D eigenvalue weighted by Gasteiger charge is -2.31. The van der Waals surface area contributed by atoms with Crippen molar-refractivity contribution in [1.82, 2.24) is 0 Å². The first-order valence-corrected chi connectivity index (χ1v) is 15.1. The average molecular weight is 690 g/mol. The molecule has 1 N–H and O–H groups in total. The van der Waals surface area contributed by atoms with Gasteiger partial charge in [0.05, 0.1) is 6.10 Å². The number of halogens is 3. The van der Waals surface area contributed by atoms with Gasteiger partial charge in [-0.2, -0.15) is 0 Å². The van der Waals surface area contributed by atoms with E-state index >= 15 is 0 Å². The molecule has 0 bridgehead atoms. The summed E-state index contributed by atoms with van der Waals surface area (Å²) in [5.74, 6) is 1.61. The molecule has 2 nitrogen and oxygen atoms in total. The molecule has 25 heavy (non-hydrogen) atoms. The second-order valence-corrected chi connectivity index (χ2v) is 7.30. The molecule has 1 rings (SSSR count). The van der Waals surface area contributed by atoms with E-state index in [1.54, 1.807) is 0 Å². The first kappa shape index (κ1) is 31.0. The van der Waals surface area contributed by atoms with Crippen LogP contribution in [0.1, 0.15) is 73.1 Å². The summed E-state index contributed by atoms with van der Waals surface area (Å²) in [6.45, 7) is 14.4. The van der Waals surface area contributed by atoms with Gasteiger partial charge < -0.3 is 9.90 Å². The summed E-state index contributed by atoms with van der Waals surface area (Å²) in [6.07, 6.45) is 9.37. The molecule has 0 saturated heterocycles. The summed E-state index contributed by atoms with van der Waals surface area (Å²) < 4.78 is 0. The zero-order valence-electron chi connectivity index (χ0n) is 16.4. The van der Waals surface area contributed by atoms with Crippen molar-refractivity contribution >= 4 is 67.5 Å². The summed E-state index contributed by atoms with van der Waals surface area (Å²) in [5, 5.41) is 9.65. The highest BCUT2D eigenvalue weighted by Gasteiger charge is 2.26. The van der Waals surface area contributed by atoms with Gasteiger partial charge in [-0.25, -0.2) is 0 Å². The van der Waals surface area contributed by atoms with Crippen LogP contribution in [0.15, 0.2) is 23.8 Å². The molecule has 0 radical (unpaired) electrons. The van der Waals surface area contributed by atoms with Crippen LogP contribution in [0, 0.1) is 17.8 Å². The monoisotopic (exact) mass is 690 g/mol. The van der Waals surface area contributed by atoms with E-state index in [4.69, 9.17) is 0 Å². The van der Waals surface area contributed by atoms with Gasteiger partial charge in [0.25, 0.3) is 0 Å². The van der Waals surface area contributed by atoms with Gasteiger partial charge in [-0.05, 0) is 64.7 Å². The Hall–Kier alpha value is 1.30. The third kappa shape index (κ3) is 18.4. The van der Waals surface area contributed by atoms with Crippen LogP contribution in [0.5, 0.6) is 0 Å². The Morgan fingerprint density at radius 2 is 1.84 bits per heavy atom. The highest BCUT2D eigenvalue weighted by Crippen LogP contribution is 2.32. The van der Waals surface area contributed by atoms with Crippen molar-refractivity contribution in [3.8, 4) is 0 Å². The number of rotatable bonds is 6. The van der Waals surface area contributed by atoms with E-state index < -0.39 is 0 Å². The maximum absolute atomic E-state index is 10.1. The number of aliphatic hydroxyl groups excluding tert-OH is 1. The van der Waals surface area contributed by atoms with Crippen molar-refractivity contribution in [2.45, 2.75) is 79.2 Å². The molecule has 4 unspecified atom stereocenters. The highest BCUT2D eigenvalue weighted by atomic mass is 128. The molecule has 1 fully saturated rings. The number of carbonyl (C=O) groups excluding carboxylic acids is 1. The van der Waals surface area contributed by atoms with E-state index in [1.807, 2.05) is 6.92 Å². The van der Waals surface area contributed by atoms with Crippen molar-refractivity contribution in [3.05, 3.63) is 23.8 Å².